The Morgan fingerprint density at radius 1 is 1.17 bits per heavy atom. The van der Waals surface area contributed by atoms with Gasteiger partial charge < -0.3 is 20.3 Å². The summed E-state index contributed by atoms with van der Waals surface area (Å²) in [5, 5.41) is 6.60. The van der Waals surface area contributed by atoms with Gasteiger partial charge in [0.1, 0.15) is 0 Å². The van der Waals surface area contributed by atoms with Crippen LogP contribution in [0.4, 0.5) is 5.69 Å². The molecule has 1 aromatic carbocycles. The molecule has 0 aromatic heterocycles. The van der Waals surface area contributed by atoms with E-state index in [1.807, 2.05) is 27.9 Å². The standard InChI is InChI=1S/C17H30N4O.HI/c1-17(2,22-6)13-20-16(18-3)19-12-11-14-7-9-15(10-8-14)21(4)5;/h7-10H,11-13H2,1-6H3,(H2,18,19,20);1H. The van der Waals surface area contributed by atoms with Crippen LogP contribution in [0, 0.1) is 0 Å². The summed E-state index contributed by atoms with van der Waals surface area (Å²) in [5.74, 6) is 0.801. The molecule has 0 bridgehead atoms. The van der Waals surface area contributed by atoms with Crippen molar-refractivity contribution in [2.24, 2.45) is 4.99 Å². The van der Waals surface area contributed by atoms with Crippen molar-refractivity contribution in [2.45, 2.75) is 25.9 Å². The minimum atomic E-state index is -0.209. The van der Waals surface area contributed by atoms with Gasteiger partial charge in [0.05, 0.1) is 5.60 Å². The van der Waals surface area contributed by atoms with Gasteiger partial charge in [0.2, 0.25) is 0 Å². The fourth-order valence-corrected chi connectivity index (χ4v) is 1.88. The number of halogens is 1. The third-order valence-corrected chi connectivity index (χ3v) is 3.62. The zero-order valence-electron chi connectivity index (χ0n) is 15.1. The molecule has 0 unspecified atom stereocenters. The van der Waals surface area contributed by atoms with Crippen molar-refractivity contribution < 1.29 is 4.74 Å². The zero-order chi connectivity index (χ0) is 16.6. The van der Waals surface area contributed by atoms with E-state index in [0.29, 0.717) is 6.54 Å². The molecule has 1 aromatic rings. The number of guanidine groups is 1. The summed E-state index contributed by atoms with van der Waals surface area (Å²) >= 11 is 0. The molecular weight excluding hydrogens is 403 g/mol. The van der Waals surface area contributed by atoms with Crippen molar-refractivity contribution in [2.75, 3.05) is 46.2 Å². The minimum absolute atomic E-state index is 0. The number of hydrogen-bond donors (Lipinski definition) is 2. The van der Waals surface area contributed by atoms with Crippen LogP contribution in [0.2, 0.25) is 0 Å². The van der Waals surface area contributed by atoms with Crippen LogP contribution in [0.3, 0.4) is 0 Å². The molecule has 6 heteroatoms. The normalized spacial score (nSPS) is 11.7. The van der Waals surface area contributed by atoms with Crippen LogP contribution in [0.5, 0.6) is 0 Å². The molecule has 0 spiro atoms. The molecule has 0 atom stereocenters. The second-order valence-electron chi connectivity index (χ2n) is 6.13. The molecular formula is C17H31IN4O. The molecule has 0 aliphatic heterocycles. The van der Waals surface area contributed by atoms with E-state index in [9.17, 15) is 0 Å². The van der Waals surface area contributed by atoms with Crippen LogP contribution in [0.1, 0.15) is 19.4 Å². The number of benzene rings is 1. The first-order valence-electron chi connectivity index (χ1n) is 7.64. The van der Waals surface area contributed by atoms with Gasteiger partial charge in [-0.3, -0.25) is 4.99 Å². The first-order valence-corrected chi connectivity index (χ1v) is 7.64. The second kappa shape index (κ2) is 10.7. The maximum absolute atomic E-state index is 5.39. The van der Waals surface area contributed by atoms with E-state index in [1.54, 1.807) is 14.2 Å². The molecule has 0 aliphatic carbocycles. The zero-order valence-corrected chi connectivity index (χ0v) is 17.5. The fraction of sp³-hybridized carbons (Fsp3) is 0.588. The van der Waals surface area contributed by atoms with E-state index in [-0.39, 0.29) is 29.6 Å². The average Bonchev–Trinajstić information content (AvgIpc) is 2.51. The Kier molecular flexibility index (Phi) is 10.2. The predicted octanol–water partition coefficient (Wildman–Crippen LogP) is 2.50. The van der Waals surface area contributed by atoms with E-state index in [0.717, 1.165) is 18.9 Å². The highest BCUT2D eigenvalue weighted by Gasteiger charge is 2.16. The summed E-state index contributed by atoms with van der Waals surface area (Å²) < 4.78 is 5.39. The molecule has 23 heavy (non-hydrogen) atoms. The topological polar surface area (TPSA) is 48.9 Å². The van der Waals surface area contributed by atoms with Gasteiger partial charge in [0, 0.05) is 47.0 Å². The number of nitrogens with zero attached hydrogens (tertiary/aromatic N) is 2. The van der Waals surface area contributed by atoms with E-state index in [1.165, 1.54) is 11.3 Å². The molecule has 0 aliphatic rings. The third kappa shape index (κ3) is 8.41. The Labute approximate surface area is 157 Å². The first kappa shape index (κ1) is 22.0. The predicted molar refractivity (Wildman–Crippen MR) is 110 cm³/mol. The highest BCUT2D eigenvalue weighted by atomic mass is 127. The van der Waals surface area contributed by atoms with Gasteiger partial charge in [-0.25, -0.2) is 0 Å². The summed E-state index contributed by atoms with van der Waals surface area (Å²) in [6.07, 6.45) is 0.960. The Bertz CT molecular complexity index is 472. The van der Waals surface area contributed by atoms with Crippen molar-refractivity contribution in [3.63, 3.8) is 0 Å². The summed E-state index contributed by atoms with van der Waals surface area (Å²) in [6, 6.07) is 8.62. The smallest absolute Gasteiger partial charge is 0.191 e. The van der Waals surface area contributed by atoms with Crippen molar-refractivity contribution >= 4 is 35.6 Å². The maximum Gasteiger partial charge on any atom is 0.191 e. The first-order chi connectivity index (χ1) is 10.4. The summed E-state index contributed by atoms with van der Waals surface area (Å²) in [7, 11) is 7.59. The third-order valence-electron chi connectivity index (χ3n) is 3.62. The number of methoxy groups -OCH3 is 1. The van der Waals surface area contributed by atoms with Gasteiger partial charge in [-0.2, -0.15) is 0 Å². The highest BCUT2D eigenvalue weighted by molar-refractivity contribution is 14.0. The summed E-state index contributed by atoms with van der Waals surface area (Å²) in [4.78, 5) is 6.33. The van der Waals surface area contributed by atoms with Crippen molar-refractivity contribution in [1.82, 2.24) is 10.6 Å². The maximum atomic E-state index is 5.39. The molecule has 0 saturated heterocycles. The molecule has 2 N–H and O–H groups in total. The molecule has 0 radical (unpaired) electrons. The number of ether oxygens (including phenoxy) is 1. The van der Waals surface area contributed by atoms with Gasteiger partial charge in [-0.05, 0) is 38.0 Å². The quantitative estimate of drug-likeness (QED) is 0.394. The van der Waals surface area contributed by atoms with Gasteiger partial charge in [0.25, 0.3) is 0 Å². The van der Waals surface area contributed by atoms with Gasteiger partial charge in [-0.1, -0.05) is 12.1 Å². The van der Waals surface area contributed by atoms with Crippen molar-refractivity contribution in [3.8, 4) is 0 Å². The number of hydrogen-bond acceptors (Lipinski definition) is 3. The Morgan fingerprint density at radius 2 is 1.78 bits per heavy atom. The monoisotopic (exact) mass is 434 g/mol. The van der Waals surface area contributed by atoms with Crippen LogP contribution in [-0.2, 0) is 11.2 Å². The average molecular weight is 434 g/mol. The second-order valence-corrected chi connectivity index (χ2v) is 6.13. The van der Waals surface area contributed by atoms with Crippen molar-refractivity contribution in [1.29, 1.82) is 0 Å². The molecule has 0 amide bonds. The van der Waals surface area contributed by atoms with Crippen molar-refractivity contribution in [3.05, 3.63) is 29.8 Å². The lowest BCUT2D eigenvalue weighted by Gasteiger charge is -2.24. The highest BCUT2D eigenvalue weighted by Crippen LogP contribution is 2.12. The number of anilines is 1. The van der Waals surface area contributed by atoms with Gasteiger partial charge in [-0.15, -0.1) is 24.0 Å². The number of rotatable bonds is 7. The molecule has 132 valence electrons. The van der Waals surface area contributed by atoms with Gasteiger partial charge in [0.15, 0.2) is 5.96 Å². The minimum Gasteiger partial charge on any atom is -0.378 e. The largest absolute Gasteiger partial charge is 0.378 e. The molecule has 1 rings (SSSR count). The fourth-order valence-electron chi connectivity index (χ4n) is 1.88. The van der Waals surface area contributed by atoms with Crippen LogP contribution in [0.15, 0.2) is 29.3 Å². The summed E-state index contributed by atoms with van der Waals surface area (Å²) in [6.45, 7) is 5.63. The van der Waals surface area contributed by atoms with Gasteiger partial charge >= 0.3 is 0 Å². The number of nitrogens with one attached hydrogen (secondary N) is 2. The van der Waals surface area contributed by atoms with E-state index in [2.05, 4.69) is 44.8 Å². The van der Waals surface area contributed by atoms with Crippen LogP contribution in [0.25, 0.3) is 0 Å². The summed E-state index contributed by atoms with van der Waals surface area (Å²) in [5.41, 5.74) is 2.32. The lowest BCUT2D eigenvalue weighted by molar-refractivity contribution is 0.0268. The number of aliphatic imine (C=N–C) groups is 1. The molecule has 0 heterocycles. The van der Waals surface area contributed by atoms with Crippen LogP contribution < -0.4 is 15.5 Å². The Morgan fingerprint density at radius 3 is 2.26 bits per heavy atom. The molecule has 0 saturated carbocycles. The molecule has 0 fully saturated rings. The lowest BCUT2D eigenvalue weighted by atomic mass is 10.1. The van der Waals surface area contributed by atoms with E-state index < -0.39 is 0 Å². The van der Waals surface area contributed by atoms with Crippen LogP contribution >= 0.6 is 24.0 Å². The van der Waals surface area contributed by atoms with E-state index in [4.69, 9.17) is 4.74 Å². The molecule has 5 nitrogen and oxygen atoms in total. The SMILES string of the molecule is CN=C(NCCc1ccc(N(C)C)cc1)NCC(C)(C)OC.I. The Balaban J connectivity index is 0.00000484. The van der Waals surface area contributed by atoms with E-state index >= 15 is 0 Å². The lowest BCUT2D eigenvalue weighted by Crippen LogP contribution is -2.45. The van der Waals surface area contributed by atoms with Crippen LogP contribution in [-0.4, -0.2) is 52.9 Å². The Hall–Kier alpha value is -1.02.